The molecule has 0 saturated heterocycles. The van der Waals surface area contributed by atoms with Gasteiger partial charge in [0.25, 0.3) is 0 Å². The fourth-order valence-corrected chi connectivity index (χ4v) is 11.0. The zero-order valence-electron chi connectivity index (χ0n) is 40.7. The number of benzene rings is 7. The topological polar surface area (TPSA) is 8.17 Å². The molecule has 1 atom stereocenters. The van der Waals surface area contributed by atoms with Gasteiger partial charge >= 0.3 is 0 Å². The molecule has 0 aliphatic heterocycles. The highest BCUT2D eigenvalue weighted by Crippen LogP contribution is 2.51. The van der Waals surface area contributed by atoms with Crippen molar-refractivity contribution in [3.63, 3.8) is 0 Å². The summed E-state index contributed by atoms with van der Waals surface area (Å²) in [6.07, 6.45) is 12.6. The maximum atomic E-state index is 2.52. The number of hydrogen-bond donors (Lipinski definition) is 0. The zero-order chi connectivity index (χ0) is 46.0. The van der Waals surface area contributed by atoms with Gasteiger partial charge in [-0.3, -0.25) is 0 Å². The van der Waals surface area contributed by atoms with Crippen LogP contribution in [0.15, 0.2) is 170 Å². The van der Waals surface area contributed by atoms with Crippen LogP contribution in [0.4, 0.5) is 17.1 Å². The van der Waals surface area contributed by atoms with Crippen molar-refractivity contribution in [1.29, 1.82) is 0 Å². The molecule has 7 aromatic carbocycles. The van der Waals surface area contributed by atoms with Crippen molar-refractivity contribution in [2.45, 2.75) is 111 Å². The predicted octanol–water partition coefficient (Wildman–Crippen LogP) is 18.5. The number of aromatic nitrogens is 1. The van der Waals surface area contributed by atoms with Gasteiger partial charge in [0.15, 0.2) is 0 Å². The lowest BCUT2D eigenvalue weighted by Crippen LogP contribution is -2.21. The van der Waals surface area contributed by atoms with Gasteiger partial charge in [0, 0.05) is 38.9 Å². The van der Waals surface area contributed by atoms with Gasteiger partial charge in [-0.2, -0.15) is 0 Å². The molecule has 0 N–H and O–H groups in total. The van der Waals surface area contributed by atoms with E-state index in [4.69, 9.17) is 0 Å². The van der Waals surface area contributed by atoms with E-state index in [-0.39, 0.29) is 16.2 Å². The van der Waals surface area contributed by atoms with E-state index in [0.717, 1.165) is 49.2 Å². The number of fused-ring (bicyclic) bond motifs is 6. The van der Waals surface area contributed by atoms with Gasteiger partial charge in [-0.1, -0.05) is 165 Å². The zero-order valence-corrected chi connectivity index (χ0v) is 40.7. The molecular weight excluding hydrogens is 797 g/mol. The molecular formula is C64H66N2. The summed E-state index contributed by atoms with van der Waals surface area (Å²) in [6.45, 7) is 21.2. The van der Waals surface area contributed by atoms with Crippen molar-refractivity contribution in [2.24, 2.45) is 5.92 Å². The first kappa shape index (κ1) is 43.5. The minimum atomic E-state index is -0.0757. The molecule has 1 aromatic heterocycles. The molecule has 0 radical (unpaired) electrons. The molecule has 1 unspecified atom stereocenters. The highest BCUT2D eigenvalue weighted by Gasteiger charge is 2.37. The van der Waals surface area contributed by atoms with Crippen LogP contribution in [0.3, 0.4) is 0 Å². The largest absolute Gasteiger partial charge is 0.311 e. The van der Waals surface area contributed by atoms with E-state index in [1.54, 1.807) is 0 Å². The van der Waals surface area contributed by atoms with Crippen LogP contribution in [0.2, 0.25) is 0 Å². The van der Waals surface area contributed by atoms with Crippen LogP contribution in [0.5, 0.6) is 0 Å². The van der Waals surface area contributed by atoms with Crippen molar-refractivity contribution in [3.05, 3.63) is 192 Å². The summed E-state index contributed by atoms with van der Waals surface area (Å²) in [4.78, 5) is 2.41. The monoisotopic (exact) mass is 863 g/mol. The minimum Gasteiger partial charge on any atom is -0.311 e. The standard InChI is InChI=1S/C64H66N2/c1-10-63(8,11-2)48-26-35-52(36-27-48)65(50-31-20-44(21-32-50)46-25-39-61-57(40-46)56-16-14-15-17-60(56)66(61)53-29-18-43(5)19-30-53)51-33-22-45(23-34-51)47-24-37-54-55-38-28-49(64(9,12-3)13-4)42-59(55)62(6,7)58(54)41-47/h14-18,20-43H,10-13,19H2,1-9H3. The Labute approximate surface area is 394 Å². The molecule has 0 spiro atoms. The molecule has 2 heteroatoms. The molecule has 0 saturated carbocycles. The van der Waals surface area contributed by atoms with Gasteiger partial charge in [0.2, 0.25) is 0 Å². The lowest BCUT2D eigenvalue weighted by molar-refractivity contribution is 0.438. The summed E-state index contributed by atoms with van der Waals surface area (Å²) in [6, 6.07) is 58.0. The molecule has 1 heterocycles. The van der Waals surface area contributed by atoms with Crippen LogP contribution in [0.25, 0.3) is 60.9 Å². The van der Waals surface area contributed by atoms with Crippen LogP contribution in [-0.2, 0) is 16.2 Å². The average molecular weight is 863 g/mol. The van der Waals surface area contributed by atoms with E-state index in [1.165, 1.54) is 83.1 Å². The fourth-order valence-electron chi connectivity index (χ4n) is 11.0. The summed E-state index contributed by atoms with van der Waals surface area (Å²) in [5, 5.41) is 2.57. The lowest BCUT2D eigenvalue weighted by atomic mass is 9.75. The number of anilines is 3. The third kappa shape index (κ3) is 7.25. The van der Waals surface area contributed by atoms with Crippen molar-refractivity contribution in [1.82, 2.24) is 4.57 Å². The number of para-hydroxylation sites is 1. The summed E-state index contributed by atoms with van der Waals surface area (Å²) in [5.74, 6) is 0.573. The predicted molar refractivity (Wildman–Crippen MR) is 286 cm³/mol. The van der Waals surface area contributed by atoms with E-state index in [0.29, 0.717) is 5.92 Å². The maximum absolute atomic E-state index is 2.52. The molecule has 8 aromatic rings. The summed E-state index contributed by atoms with van der Waals surface area (Å²) in [5.41, 5.74) is 20.8. The molecule has 10 rings (SSSR count). The number of allylic oxidation sites excluding steroid dienone is 4. The average Bonchev–Trinajstić information content (AvgIpc) is 3.81. The smallest absolute Gasteiger partial charge is 0.0541 e. The molecule has 2 nitrogen and oxygen atoms in total. The molecule has 0 amide bonds. The van der Waals surface area contributed by atoms with E-state index < -0.39 is 0 Å². The van der Waals surface area contributed by atoms with E-state index in [9.17, 15) is 0 Å². The lowest BCUT2D eigenvalue weighted by Gasteiger charge is -2.30. The fraction of sp³-hybridized carbons (Fsp3) is 0.281. The van der Waals surface area contributed by atoms with Gasteiger partial charge in [-0.05, 0) is 171 Å². The number of hydrogen-bond acceptors (Lipinski definition) is 1. The van der Waals surface area contributed by atoms with Gasteiger partial charge in [-0.15, -0.1) is 0 Å². The van der Waals surface area contributed by atoms with Crippen molar-refractivity contribution >= 4 is 44.6 Å². The van der Waals surface area contributed by atoms with Crippen LogP contribution >= 0.6 is 0 Å². The van der Waals surface area contributed by atoms with Crippen molar-refractivity contribution < 1.29 is 0 Å². The maximum Gasteiger partial charge on any atom is 0.0541 e. The molecule has 66 heavy (non-hydrogen) atoms. The van der Waals surface area contributed by atoms with Gasteiger partial charge in [0.1, 0.15) is 0 Å². The normalized spacial score (nSPS) is 15.5. The Morgan fingerprint density at radius 1 is 0.530 bits per heavy atom. The summed E-state index contributed by atoms with van der Waals surface area (Å²) in [7, 11) is 0. The Bertz CT molecular complexity index is 3140. The Hall–Kier alpha value is -6.38. The summed E-state index contributed by atoms with van der Waals surface area (Å²) < 4.78 is 2.44. The van der Waals surface area contributed by atoms with Crippen LogP contribution in [0.1, 0.15) is 117 Å². The highest BCUT2D eigenvalue weighted by molar-refractivity contribution is 6.11. The van der Waals surface area contributed by atoms with Crippen LogP contribution in [0, 0.1) is 5.92 Å². The van der Waals surface area contributed by atoms with Crippen LogP contribution < -0.4 is 4.90 Å². The Morgan fingerprint density at radius 2 is 1.02 bits per heavy atom. The van der Waals surface area contributed by atoms with Crippen molar-refractivity contribution in [2.75, 3.05) is 4.90 Å². The second-order valence-electron chi connectivity index (χ2n) is 20.4. The Kier molecular flexibility index (Phi) is 11.1. The van der Waals surface area contributed by atoms with E-state index >= 15 is 0 Å². The second-order valence-corrected chi connectivity index (χ2v) is 20.4. The number of rotatable bonds is 12. The van der Waals surface area contributed by atoms with Gasteiger partial charge in [-0.25, -0.2) is 0 Å². The molecule has 0 fully saturated rings. The quantitative estimate of drug-likeness (QED) is 0.119. The third-order valence-corrected chi connectivity index (χ3v) is 16.5. The summed E-state index contributed by atoms with van der Waals surface area (Å²) >= 11 is 0. The Morgan fingerprint density at radius 3 is 1.61 bits per heavy atom. The first-order valence-corrected chi connectivity index (χ1v) is 24.7. The van der Waals surface area contributed by atoms with Crippen molar-refractivity contribution in [3.8, 4) is 33.4 Å². The molecule has 2 aliphatic carbocycles. The van der Waals surface area contributed by atoms with Gasteiger partial charge in [0.05, 0.1) is 11.0 Å². The molecule has 332 valence electrons. The molecule has 0 bridgehead atoms. The molecule has 2 aliphatic rings. The number of nitrogens with zero attached hydrogens (tertiary/aromatic N) is 2. The van der Waals surface area contributed by atoms with E-state index in [1.807, 2.05) is 0 Å². The van der Waals surface area contributed by atoms with E-state index in [2.05, 4.69) is 242 Å². The van der Waals surface area contributed by atoms with Crippen LogP contribution in [-0.4, -0.2) is 4.57 Å². The SMILES string of the molecule is CCC(C)(CC)c1ccc(N(c2ccc(-c3ccc4c(c3)C(C)(C)c3cc(C(C)(CC)CC)ccc3-4)cc2)c2ccc(-c3ccc4c(c3)c3ccccc3n4C3=CCC(C)C=C3)cc2)cc1. The highest BCUT2D eigenvalue weighted by atomic mass is 15.1. The second kappa shape index (κ2) is 16.8. The minimum absolute atomic E-state index is 0.0757. The third-order valence-electron chi connectivity index (χ3n) is 16.5. The Balaban J connectivity index is 0.994. The first-order valence-electron chi connectivity index (χ1n) is 24.7. The van der Waals surface area contributed by atoms with Gasteiger partial charge < -0.3 is 9.47 Å². The first-order chi connectivity index (χ1) is 31.9.